The average Bonchev–Trinajstić information content (AvgIpc) is 2.86. The second kappa shape index (κ2) is 34.4. The van der Waals surface area contributed by atoms with Crippen LogP contribution in [0.1, 0.15) is 162 Å². The predicted octanol–water partition coefficient (Wildman–Crippen LogP) is 8.36. The number of aliphatic hydroxyl groups is 2. The van der Waals surface area contributed by atoms with E-state index >= 15 is 0 Å². The number of hydrogen-bond donors (Lipinski definition) is 3. The molecule has 0 aliphatic heterocycles. The van der Waals surface area contributed by atoms with E-state index in [1.165, 1.54) is 128 Å². The maximum absolute atomic E-state index is 10.2. The maximum Gasteiger partial charge on any atom is 0.303 e. The van der Waals surface area contributed by atoms with Crippen LogP contribution in [0.3, 0.4) is 0 Å². The largest absolute Gasteiger partial charge is 0.481 e. The van der Waals surface area contributed by atoms with Crippen molar-refractivity contribution in [1.29, 1.82) is 0 Å². The number of rotatable bonds is 28. The van der Waals surface area contributed by atoms with Crippen LogP contribution in [0.25, 0.3) is 0 Å². The monoisotopic (exact) mass is 515 g/mol. The quantitative estimate of drug-likeness (QED) is 0.0912. The number of carboxylic acid groups (broad SMARTS) is 1. The van der Waals surface area contributed by atoms with Gasteiger partial charge in [-0.25, -0.2) is 0 Å². The Morgan fingerprint density at radius 3 is 1.08 bits per heavy atom. The fourth-order valence-corrected chi connectivity index (χ4v) is 4.56. The molecule has 0 aromatic heterocycles. The fraction of sp³-hybridized carbons (Fsp3) is 0.968. The van der Waals surface area contributed by atoms with Gasteiger partial charge in [-0.3, -0.25) is 9.69 Å². The molecule has 0 amide bonds. The highest BCUT2D eigenvalue weighted by Gasteiger charge is 2.02. The topological polar surface area (TPSA) is 81.0 Å². The lowest BCUT2D eigenvalue weighted by Crippen LogP contribution is -2.30. The van der Waals surface area contributed by atoms with Gasteiger partial charge in [-0.15, -0.1) is 0 Å². The summed E-state index contributed by atoms with van der Waals surface area (Å²) < 4.78 is 0. The first-order valence-electron chi connectivity index (χ1n) is 15.8. The molecular formula is C31H65NO4. The molecule has 0 unspecified atom stereocenters. The second-order valence-corrected chi connectivity index (χ2v) is 10.5. The molecule has 0 spiro atoms. The lowest BCUT2D eigenvalue weighted by atomic mass is 10.0. The van der Waals surface area contributed by atoms with Crippen LogP contribution in [-0.2, 0) is 4.79 Å². The third-order valence-corrected chi connectivity index (χ3v) is 6.90. The smallest absolute Gasteiger partial charge is 0.303 e. The summed E-state index contributed by atoms with van der Waals surface area (Å²) >= 11 is 0. The fourth-order valence-electron chi connectivity index (χ4n) is 4.56. The van der Waals surface area contributed by atoms with E-state index in [0.717, 1.165) is 19.4 Å². The van der Waals surface area contributed by atoms with Crippen molar-refractivity contribution >= 4 is 5.97 Å². The molecule has 0 saturated heterocycles. The maximum atomic E-state index is 10.2. The molecule has 0 atom stereocenters. The van der Waals surface area contributed by atoms with Gasteiger partial charge in [-0.1, -0.05) is 142 Å². The first-order chi connectivity index (χ1) is 17.6. The predicted molar refractivity (Wildman–Crippen MR) is 156 cm³/mol. The van der Waals surface area contributed by atoms with Crippen molar-refractivity contribution < 1.29 is 20.1 Å². The van der Waals surface area contributed by atoms with Crippen LogP contribution >= 0.6 is 0 Å². The molecule has 0 aliphatic rings. The Bertz CT molecular complexity index is 400. The minimum Gasteiger partial charge on any atom is -0.481 e. The van der Waals surface area contributed by atoms with Gasteiger partial charge in [0.1, 0.15) is 0 Å². The highest BCUT2D eigenvalue weighted by molar-refractivity contribution is 5.66. The SMILES string of the molecule is CCCCCCCCCCCC(=O)O.CCCCCCCCCCCCCCCN(CCO)CCO. The van der Waals surface area contributed by atoms with E-state index in [1.54, 1.807) is 0 Å². The summed E-state index contributed by atoms with van der Waals surface area (Å²) in [6.45, 7) is 7.29. The van der Waals surface area contributed by atoms with Crippen LogP contribution < -0.4 is 0 Å². The molecule has 5 heteroatoms. The van der Waals surface area contributed by atoms with Gasteiger partial charge in [0.05, 0.1) is 13.2 Å². The average molecular weight is 516 g/mol. The molecular weight excluding hydrogens is 450 g/mol. The van der Waals surface area contributed by atoms with Gasteiger partial charge in [0, 0.05) is 19.5 Å². The van der Waals surface area contributed by atoms with Crippen LogP contribution in [-0.4, -0.2) is 59.0 Å². The summed E-state index contributed by atoms with van der Waals surface area (Å²) in [5, 5.41) is 26.3. The van der Waals surface area contributed by atoms with Crippen molar-refractivity contribution in [3.05, 3.63) is 0 Å². The van der Waals surface area contributed by atoms with E-state index in [9.17, 15) is 4.79 Å². The van der Waals surface area contributed by atoms with Crippen molar-refractivity contribution in [2.75, 3.05) is 32.8 Å². The third-order valence-electron chi connectivity index (χ3n) is 6.90. The van der Waals surface area contributed by atoms with Crippen molar-refractivity contribution in [1.82, 2.24) is 4.90 Å². The normalized spacial score (nSPS) is 11.0. The Hall–Kier alpha value is -0.650. The first-order valence-corrected chi connectivity index (χ1v) is 15.8. The van der Waals surface area contributed by atoms with Crippen molar-refractivity contribution in [2.24, 2.45) is 0 Å². The van der Waals surface area contributed by atoms with E-state index in [-0.39, 0.29) is 13.2 Å². The molecule has 0 rings (SSSR count). The molecule has 0 fully saturated rings. The second-order valence-electron chi connectivity index (χ2n) is 10.5. The molecule has 0 aromatic rings. The Balaban J connectivity index is 0. The van der Waals surface area contributed by atoms with Crippen molar-refractivity contribution in [3.63, 3.8) is 0 Å². The van der Waals surface area contributed by atoms with E-state index in [0.29, 0.717) is 19.5 Å². The summed E-state index contributed by atoms with van der Waals surface area (Å²) in [5.74, 6) is -0.659. The number of unbranched alkanes of at least 4 members (excludes halogenated alkanes) is 20. The molecule has 3 N–H and O–H groups in total. The summed E-state index contributed by atoms with van der Waals surface area (Å²) in [4.78, 5) is 12.4. The van der Waals surface area contributed by atoms with Crippen LogP contribution in [0, 0.1) is 0 Å². The van der Waals surface area contributed by atoms with Crippen molar-refractivity contribution in [3.8, 4) is 0 Å². The number of carboxylic acids is 1. The van der Waals surface area contributed by atoms with Crippen LogP contribution in [0.15, 0.2) is 0 Å². The molecule has 0 aliphatic carbocycles. The molecule has 36 heavy (non-hydrogen) atoms. The Labute approximate surface area is 225 Å². The van der Waals surface area contributed by atoms with Gasteiger partial charge in [-0.05, 0) is 19.4 Å². The Kier molecular flexibility index (Phi) is 35.8. The van der Waals surface area contributed by atoms with E-state index in [2.05, 4.69) is 18.7 Å². The Morgan fingerprint density at radius 2 is 0.778 bits per heavy atom. The molecule has 0 heterocycles. The third kappa shape index (κ3) is 35.5. The zero-order chi connectivity index (χ0) is 27.0. The zero-order valence-corrected chi connectivity index (χ0v) is 24.5. The lowest BCUT2D eigenvalue weighted by Gasteiger charge is -2.19. The zero-order valence-electron chi connectivity index (χ0n) is 24.5. The standard InChI is InChI=1S/C19H41NO2.C12H24O2/c1-2-3-4-5-6-7-8-9-10-11-12-13-14-15-20(16-18-21)17-19-22;1-2-3-4-5-6-7-8-9-10-11-12(13)14/h21-22H,2-19H2,1H3;2-11H2,1H3,(H,13,14). The summed E-state index contributed by atoms with van der Waals surface area (Å²) in [6, 6.07) is 0. The number of aliphatic carboxylic acids is 1. The van der Waals surface area contributed by atoms with Crippen molar-refractivity contribution in [2.45, 2.75) is 162 Å². The first kappa shape index (κ1) is 37.5. The van der Waals surface area contributed by atoms with Gasteiger partial charge >= 0.3 is 5.97 Å². The molecule has 0 saturated carbocycles. The number of nitrogens with zero attached hydrogens (tertiary/aromatic N) is 1. The molecule has 0 radical (unpaired) electrons. The molecule has 0 bridgehead atoms. The van der Waals surface area contributed by atoms with E-state index in [1.807, 2.05) is 0 Å². The molecule has 218 valence electrons. The summed E-state index contributed by atoms with van der Waals surface area (Å²) in [5.41, 5.74) is 0. The minimum absolute atomic E-state index is 0.193. The molecule has 0 aromatic carbocycles. The number of hydrogen-bond acceptors (Lipinski definition) is 4. The van der Waals surface area contributed by atoms with Gasteiger partial charge in [0.2, 0.25) is 0 Å². The van der Waals surface area contributed by atoms with Crippen LogP contribution in [0.4, 0.5) is 0 Å². The summed E-state index contributed by atoms with van der Waals surface area (Å²) in [7, 11) is 0. The summed E-state index contributed by atoms with van der Waals surface area (Å²) in [6.07, 6.45) is 29.4. The van der Waals surface area contributed by atoms with Gasteiger partial charge < -0.3 is 15.3 Å². The lowest BCUT2D eigenvalue weighted by molar-refractivity contribution is -0.137. The van der Waals surface area contributed by atoms with Gasteiger partial charge in [0.15, 0.2) is 0 Å². The Morgan fingerprint density at radius 1 is 0.472 bits per heavy atom. The highest BCUT2D eigenvalue weighted by Crippen LogP contribution is 2.13. The number of carbonyl (C=O) groups is 1. The van der Waals surface area contributed by atoms with Crippen LogP contribution in [0.5, 0.6) is 0 Å². The molecule has 5 nitrogen and oxygen atoms in total. The van der Waals surface area contributed by atoms with Crippen LogP contribution in [0.2, 0.25) is 0 Å². The number of aliphatic hydroxyl groups excluding tert-OH is 2. The minimum atomic E-state index is -0.659. The highest BCUT2D eigenvalue weighted by atomic mass is 16.4. The van der Waals surface area contributed by atoms with Gasteiger partial charge in [-0.2, -0.15) is 0 Å². The van der Waals surface area contributed by atoms with Gasteiger partial charge in [0.25, 0.3) is 0 Å². The van der Waals surface area contributed by atoms with E-state index in [4.69, 9.17) is 15.3 Å². The van der Waals surface area contributed by atoms with E-state index < -0.39 is 5.97 Å².